The summed E-state index contributed by atoms with van der Waals surface area (Å²) in [4.78, 5) is 22.4. The Kier molecular flexibility index (Phi) is 5.20. The number of benzene rings is 1. The highest BCUT2D eigenvalue weighted by atomic mass is 16.5. The summed E-state index contributed by atoms with van der Waals surface area (Å²) in [5.74, 6) is 1.81. The minimum Gasteiger partial charge on any atom is -0.484 e. The van der Waals surface area contributed by atoms with Crippen molar-refractivity contribution in [3.8, 4) is 5.75 Å². The summed E-state index contributed by atoms with van der Waals surface area (Å²) >= 11 is 0. The molecule has 0 bridgehead atoms. The second kappa shape index (κ2) is 7.92. The average Bonchev–Trinajstić information content (AvgIpc) is 2.71. The third-order valence-corrected chi connectivity index (χ3v) is 5.16. The van der Waals surface area contributed by atoms with E-state index in [0.717, 1.165) is 19.4 Å². The first kappa shape index (κ1) is 17.7. The van der Waals surface area contributed by atoms with E-state index in [0.29, 0.717) is 37.3 Å². The largest absolute Gasteiger partial charge is 0.484 e. The van der Waals surface area contributed by atoms with E-state index in [1.54, 1.807) is 18.5 Å². The first-order valence-electron chi connectivity index (χ1n) is 9.33. The van der Waals surface area contributed by atoms with Gasteiger partial charge >= 0.3 is 0 Å². The summed E-state index contributed by atoms with van der Waals surface area (Å²) in [5.41, 5.74) is -0.165. The van der Waals surface area contributed by atoms with Gasteiger partial charge in [-0.1, -0.05) is 18.2 Å². The molecule has 2 aromatic rings. The lowest BCUT2D eigenvalue weighted by Crippen LogP contribution is -2.67. The number of carbonyl (C=O) groups is 1. The molecule has 0 radical (unpaired) electrons. The van der Waals surface area contributed by atoms with Gasteiger partial charge < -0.3 is 19.7 Å². The molecule has 1 spiro atoms. The summed E-state index contributed by atoms with van der Waals surface area (Å²) in [7, 11) is 0. The van der Waals surface area contributed by atoms with Crippen LogP contribution in [-0.2, 0) is 9.53 Å². The molecule has 1 N–H and O–H groups in total. The van der Waals surface area contributed by atoms with Gasteiger partial charge in [0.05, 0.1) is 19.7 Å². The van der Waals surface area contributed by atoms with Gasteiger partial charge in [0.25, 0.3) is 5.91 Å². The second-order valence-electron chi connectivity index (χ2n) is 7.20. The van der Waals surface area contributed by atoms with Gasteiger partial charge in [-0.25, -0.2) is 9.97 Å². The molecule has 0 saturated carbocycles. The number of anilines is 1. The van der Waals surface area contributed by atoms with Crippen molar-refractivity contribution >= 4 is 11.9 Å². The van der Waals surface area contributed by atoms with Crippen molar-refractivity contribution in [1.82, 2.24) is 14.9 Å². The number of nitrogens with zero attached hydrogens (tertiary/aromatic N) is 3. The molecule has 142 valence electrons. The number of rotatable bonds is 6. The van der Waals surface area contributed by atoms with E-state index in [1.807, 2.05) is 35.2 Å². The molecular weight excluding hydrogens is 344 g/mol. The van der Waals surface area contributed by atoms with Crippen LogP contribution in [0.5, 0.6) is 5.75 Å². The molecule has 1 amide bonds. The molecule has 7 heteroatoms. The number of hydrogen-bond acceptors (Lipinski definition) is 6. The van der Waals surface area contributed by atoms with Gasteiger partial charge in [0.2, 0.25) is 5.95 Å². The maximum atomic E-state index is 12.3. The Labute approximate surface area is 158 Å². The van der Waals surface area contributed by atoms with Gasteiger partial charge in [0.15, 0.2) is 6.61 Å². The smallest absolute Gasteiger partial charge is 0.260 e. The van der Waals surface area contributed by atoms with Crippen molar-refractivity contribution in [1.29, 1.82) is 0 Å². The van der Waals surface area contributed by atoms with Crippen LogP contribution in [0, 0.1) is 5.92 Å². The molecule has 27 heavy (non-hydrogen) atoms. The monoisotopic (exact) mass is 368 g/mol. The second-order valence-corrected chi connectivity index (χ2v) is 7.20. The van der Waals surface area contributed by atoms with Crippen molar-refractivity contribution < 1.29 is 14.3 Å². The van der Waals surface area contributed by atoms with Crippen LogP contribution in [0.4, 0.5) is 5.95 Å². The zero-order chi connectivity index (χ0) is 18.5. The molecule has 1 aromatic carbocycles. The zero-order valence-corrected chi connectivity index (χ0v) is 15.2. The lowest BCUT2D eigenvalue weighted by molar-refractivity contribution is -0.188. The van der Waals surface area contributed by atoms with Gasteiger partial charge in [0, 0.05) is 18.9 Å². The third-order valence-electron chi connectivity index (χ3n) is 5.16. The van der Waals surface area contributed by atoms with Crippen molar-refractivity contribution in [2.45, 2.75) is 18.4 Å². The minimum absolute atomic E-state index is 0.0121. The molecule has 3 heterocycles. The van der Waals surface area contributed by atoms with Crippen LogP contribution in [0.15, 0.2) is 48.8 Å². The predicted octanol–water partition coefficient (Wildman–Crippen LogP) is 1.98. The molecule has 2 fully saturated rings. The highest BCUT2D eigenvalue weighted by molar-refractivity contribution is 5.79. The first-order chi connectivity index (χ1) is 13.2. The highest BCUT2D eigenvalue weighted by Gasteiger charge is 2.48. The summed E-state index contributed by atoms with van der Waals surface area (Å²) in [5, 5.41) is 3.25. The Hall–Kier alpha value is -2.67. The number of hydrogen-bond donors (Lipinski definition) is 1. The lowest BCUT2D eigenvalue weighted by atomic mass is 9.83. The Balaban J connectivity index is 1.17. The van der Waals surface area contributed by atoms with Gasteiger partial charge in [-0.2, -0.15) is 0 Å². The first-order valence-corrected chi connectivity index (χ1v) is 9.33. The summed E-state index contributed by atoms with van der Waals surface area (Å²) in [6.45, 7) is 2.89. The van der Waals surface area contributed by atoms with E-state index in [-0.39, 0.29) is 18.1 Å². The van der Waals surface area contributed by atoms with Crippen LogP contribution < -0.4 is 10.1 Å². The summed E-state index contributed by atoms with van der Waals surface area (Å²) in [6, 6.07) is 11.2. The van der Waals surface area contributed by atoms with Crippen LogP contribution in [0.3, 0.4) is 0 Å². The fourth-order valence-electron chi connectivity index (χ4n) is 3.53. The quantitative estimate of drug-likeness (QED) is 0.840. The van der Waals surface area contributed by atoms with Crippen molar-refractivity contribution in [3.63, 3.8) is 0 Å². The fourth-order valence-corrected chi connectivity index (χ4v) is 3.53. The number of para-hydroxylation sites is 1. The molecule has 7 nitrogen and oxygen atoms in total. The maximum Gasteiger partial charge on any atom is 0.260 e. The summed E-state index contributed by atoms with van der Waals surface area (Å²) < 4.78 is 11.7. The van der Waals surface area contributed by atoms with Gasteiger partial charge in [-0.3, -0.25) is 4.79 Å². The van der Waals surface area contributed by atoms with E-state index in [9.17, 15) is 4.79 Å². The van der Waals surface area contributed by atoms with Crippen LogP contribution in [0.1, 0.15) is 12.8 Å². The van der Waals surface area contributed by atoms with E-state index >= 15 is 0 Å². The van der Waals surface area contributed by atoms with E-state index in [2.05, 4.69) is 15.3 Å². The minimum atomic E-state index is -0.165. The van der Waals surface area contributed by atoms with E-state index in [4.69, 9.17) is 9.47 Å². The molecule has 4 rings (SSSR count). The standard InChI is InChI=1S/C20H24N4O3/c25-18(13-26-17-5-2-1-3-6-17)24-14-20(15-24)8-7-16(12-27-20)11-23-19-21-9-4-10-22-19/h1-6,9-10,16H,7-8,11-15H2,(H,21,22,23)/t16-/m1/s1. The number of amides is 1. The molecule has 0 aliphatic carbocycles. The van der Waals surface area contributed by atoms with E-state index < -0.39 is 0 Å². The van der Waals surface area contributed by atoms with Gasteiger partial charge in [-0.15, -0.1) is 0 Å². The molecule has 1 atom stereocenters. The lowest BCUT2D eigenvalue weighted by Gasteiger charge is -2.52. The highest BCUT2D eigenvalue weighted by Crippen LogP contribution is 2.36. The Morgan fingerprint density at radius 3 is 2.70 bits per heavy atom. The van der Waals surface area contributed by atoms with E-state index in [1.165, 1.54) is 0 Å². The number of likely N-dealkylation sites (tertiary alicyclic amines) is 1. The maximum absolute atomic E-state index is 12.3. The zero-order valence-electron chi connectivity index (χ0n) is 15.2. The van der Waals surface area contributed by atoms with Crippen LogP contribution in [-0.4, -0.2) is 59.2 Å². The topological polar surface area (TPSA) is 76.6 Å². The normalized spacial score (nSPS) is 20.7. The van der Waals surface area contributed by atoms with Crippen LogP contribution in [0.25, 0.3) is 0 Å². The van der Waals surface area contributed by atoms with Crippen molar-refractivity contribution in [2.24, 2.45) is 5.92 Å². The Morgan fingerprint density at radius 2 is 2.00 bits per heavy atom. The number of carbonyl (C=O) groups excluding carboxylic acids is 1. The Morgan fingerprint density at radius 1 is 1.22 bits per heavy atom. The van der Waals surface area contributed by atoms with Crippen LogP contribution >= 0.6 is 0 Å². The molecule has 0 unspecified atom stereocenters. The molecule has 2 aliphatic heterocycles. The number of aromatic nitrogens is 2. The van der Waals surface area contributed by atoms with Crippen LogP contribution in [0.2, 0.25) is 0 Å². The molecular formula is C20H24N4O3. The van der Waals surface area contributed by atoms with Crippen molar-refractivity contribution in [3.05, 3.63) is 48.8 Å². The third kappa shape index (κ3) is 4.36. The number of nitrogens with one attached hydrogen (secondary N) is 1. The average molecular weight is 368 g/mol. The Bertz CT molecular complexity index is 740. The number of ether oxygens (including phenoxy) is 2. The van der Waals surface area contributed by atoms with Gasteiger partial charge in [-0.05, 0) is 37.0 Å². The van der Waals surface area contributed by atoms with Gasteiger partial charge in [0.1, 0.15) is 11.4 Å². The predicted molar refractivity (Wildman–Crippen MR) is 100 cm³/mol. The summed E-state index contributed by atoms with van der Waals surface area (Å²) in [6.07, 6.45) is 5.49. The molecule has 1 aromatic heterocycles. The SMILES string of the molecule is O=C(COc1ccccc1)N1CC2(CC[C@H](CNc3ncccn3)CO2)C1. The van der Waals surface area contributed by atoms with Crippen molar-refractivity contribution in [2.75, 3.05) is 38.2 Å². The molecule has 2 aliphatic rings. The molecule has 2 saturated heterocycles. The fraction of sp³-hybridized carbons (Fsp3) is 0.450.